The Labute approximate surface area is 169 Å². The summed E-state index contributed by atoms with van der Waals surface area (Å²) in [6, 6.07) is 10.2. The molecule has 2 unspecified atom stereocenters. The van der Waals surface area contributed by atoms with E-state index in [1.165, 1.54) is 5.56 Å². The van der Waals surface area contributed by atoms with E-state index in [0.717, 1.165) is 42.8 Å². The van der Waals surface area contributed by atoms with Crippen LogP contribution in [0.4, 0.5) is 5.69 Å². The summed E-state index contributed by atoms with van der Waals surface area (Å²) < 4.78 is 32.7. The topological polar surface area (TPSA) is 71.3 Å². The first-order valence-electron chi connectivity index (χ1n) is 10.2. The fraction of sp³-hybridized carbons (Fsp3) is 0.545. The van der Waals surface area contributed by atoms with Gasteiger partial charge in [-0.1, -0.05) is 6.92 Å². The van der Waals surface area contributed by atoms with Crippen LogP contribution in [0.1, 0.15) is 45.6 Å². The van der Waals surface area contributed by atoms with Crippen LogP contribution in [0.2, 0.25) is 0 Å². The maximum Gasteiger partial charge on any atom is 0.214 e. The fourth-order valence-electron chi connectivity index (χ4n) is 3.93. The quantitative estimate of drug-likeness (QED) is 0.695. The Bertz CT molecular complexity index is 875. The Morgan fingerprint density at radius 1 is 1.21 bits per heavy atom. The van der Waals surface area contributed by atoms with Crippen LogP contribution in [0, 0.1) is 18.8 Å². The average molecular weight is 405 g/mol. The Kier molecular flexibility index (Phi) is 6.50. The zero-order valence-electron chi connectivity index (χ0n) is 17.2. The highest BCUT2D eigenvalue weighted by Gasteiger charge is 2.31. The number of anilines is 1. The maximum atomic E-state index is 12.2. The lowest BCUT2D eigenvalue weighted by Gasteiger charge is -2.35. The number of hydrogen-bond acceptors (Lipinski definition) is 4. The van der Waals surface area contributed by atoms with Gasteiger partial charge >= 0.3 is 0 Å². The van der Waals surface area contributed by atoms with Crippen molar-refractivity contribution in [1.82, 2.24) is 4.72 Å². The monoisotopic (exact) mass is 404 g/mol. The van der Waals surface area contributed by atoms with E-state index >= 15 is 0 Å². The van der Waals surface area contributed by atoms with Crippen LogP contribution in [0.3, 0.4) is 0 Å². The third-order valence-electron chi connectivity index (χ3n) is 5.83. The van der Waals surface area contributed by atoms with E-state index in [9.17, 15) is 8.42 Å². The maximum absolute atomic E-state index is 12.2. The van der Waals surface area contributed by atoms with Gasteiger partial charge in [0.1, 0.15) is 5.76 Å². The fourth-order valence-corrected chi connectivity index (χ4v) is 4.97. The third-order valence-corrected chi connectivity index (χ3v) is 7.70. The van der Waals surface area contributed by atoms with Crippen LogP contribution < -0.4 is 10.0 Å². The second-order valence-corrected chi connectivity index (χ2v) is 10.6. The van der Waals surface area contributed by atoms with Gasteiger partial charge in [-0.05, 0) is 87.8 Å². The molecule has 1 fully saturated rings. The molecule has 154 valence electrons. The highest BCUT2D eigenvalue weighted by molar-refractivity contribution is 7.90. The number of furan rings is 1. The average Bonchev–Trinajstić information content (AvgIpc) is 3.17. The molecular weight excluding hydrogens is 372 g/mol. The summed E-state index contributed by atoms with van der Waals surface area (Å²) in [6.45, 7) is 8.62. The van der Waals surface area contributed by atoms with Gasteiger partial charge in [0.05, 0.1) is 11.5 Å². The Hall–Kier alpha value is -1.79. The molecule has 1 heterocycles. The minimum atomic E-state index is -3.21. The van der Waals surface area contributed by atoms with Gasteiger partial charge in [0.25, 0.3) is 0 Å². The van der Waals surface area contributed by atoms with Crippen molar-refractivity contribution >= 4 is 15.7 Å². The van der Waals surface area contributed by atoms with Crippen molar-refractivity contribution in [3.8, 4) is 11.3 Å². The van der Waals surface area contributed by atoms with Crippen molar-refractivity contribution in [2.24, 2.45) is 11.8 Å². The number of aryl methyl sites for hydroxylation is 1. The van der Waals surface area contributed by atoms with Gasteiger partial charge in [0.15, 0.2) is 0 Å². The Morgan fingerprint density at radius 2 is 2.00 bits per heavy atom. The van der Waals surface area contributed by atoms with Crippen molar-refractivity contribution < 1.29 is 12.8 Å². The molecule has 1 aliphatic carbocycles. The number of nitrogens with one attached hydrogen (secondary N) is 2. The molecule has 28 heavy (non-hydrogen) atoms. The van der Waals surface area contributed by atoms with Crippen LogP contribution in [-0.2, 0) is 10.0 Å². The summed E-state index contributed by atoms with van der Waals surface area (Å²) in [5, 5.41) is 3.20. The van der Waals surface area contributed by atoms with Crippen LogP contribution in [0.15, 0.2) is 41.0 Å². The van der Waals surface area contributed by atoms with Crippen LogP contribution in [-0.4, -0.2) is 26.3 Å². The van der Waals surface area contributed by atoms with Crippen LogP contribution in [0.5, 0.6) is 0 Å². The highest BCUT2D eigenvalue weighted by atomic mass is 32.2. The predicted molar refractivity (Wildman–Crippen MR) is 115 cm³/mol. The predicted octanol–water partition coefficient (Wildman–Crippen LogP) is 4.80. The summed E-state index contributed by atoms with van der Waals surface area (Å²) in [5.74, 6) is 1.78. The molecule has 0 saturated heterocycles. The minimum absolute atomic E-state index is 0.0537. The Morgan fingerprint density at radius 3 is 2.61 bits per heavy atom. The van der Waals surface area contributed by atoms with Gasteiger partial charge in [0, 0.05) is 23.8 Å². The van der Waals surface area contributed by atoms with Crippen molar-refractivity contribution in [3.05, 3.63) is 42.2 Å². The molecule has 2 N–H and O–H groups in total. The molecule has 6 heteroatoms. The summed E-state index contributed by atoms with van der Waals surface area (Å²) in [5.41, 5.74) is 3.42. The molecule has 1 saturated carbocycles. The molecule has 0 bridgehead atoms. The third kappa shape index (κ3) is 4.97. The number of sulfonamides is 1. The smallest absolute Gasteiger partial charge is 0.214 e. The van der Waals surface area contributed by atoms with Crippen molar-refractivity contribution in [2.45, 2.75) is 58.2 Å². The molecule has 5 nitrogen and oxygen atoms in total. The molecule has 1 aliphatic rings. The van der Waals surface area contributed by atoms with Gasteiger partial charge in [0.2, 0.25) is 10.0 Å². The number of hydrogen-bond donors (Lipinski definition) is 2. The number of rotatable bonds is 7. The molecule has 0 amide bonds. The van der Waals surface area contributed by atoms with E-state index < -0.39 is 10.0 Å². The van der Waals surface area contributed by atoms with E-state index in [1.807, 2.05) is 12.1 Å². The van der Waals surface area contributed by atoms with Crippen molar-refractivity contribution in [1.29, 1.82) is 0 Å². The standard InChI is InChI=1S/C22H32N2O3S/c1-15(2)28(25,26)24-21-9-7-18(12-16(21)3)14-23-20-10-8-19(13-17(20)4)22-6-5-11-27-22/h5-6,8,10-11,13,15-16,18,21,23-24H,7,9,12,14H2,1-4H3/t16?,18-,21?/m1/s1. The molecule has 0 aliphatic heterocycles. The van der Waals surface area contributed by atoms with E-state index in [4.69, 9.17) is 4.42 Å². The molecule has 3 atom stereocenters. The summed E-state index contributed by atoms with van der Waals surface area (Å²) in [6.07, 6.45) is 4.65. The van der Waals surface area contributed by atoms with Gasteiger partial charge in [-0.2, -0.15) is 0 Å². The van der Waals surface area contributed by atoms with Gasteiger partial charge in [-0.15, -0.1) is 0 Å². The van der Waals surface area contributed by atoms with Gasteiger partial charge < -0.3 is 9.73 Å². The largest absolute Gasteiger partial charge is 0.464 e. The van der Waals surface area contributed by atoms with Crippen LogP contribution >= 0.6 is 0 Å². The first-order valence-corrected chi connectivity index (χ1v) is 11.7. The zero-order valence-corrected chi connectivity index (χ0v) is 18.1. The molecular formula is C22H32N2O3S. The summed E-state index contributed by atoms with van der Waals surface area (Å²) in [4.78, 5) is 0. The molecule has 2 aromatic rings. The lowest BCUT2D eigenvalue weighted by molar-refractivity contribution is 0.243. The molecule has 1 aromatic carbocycles. The zero-order chi connectivity index (χ0) is 20.3. The summed E-state index contributed by atoms with van der Waals surface area (Å²) >= 11 is 0. The molecule has 1 aromatic heterocycles. The van der Waals surface area contributed by atoms with E-state index in [0.29, 0.717) is 11.8 Å². The summed E-state index contributed by atoms with van der Waals surface area (Å²) in [7, 11) is -3.21. The molecule has 0 radical (unpaired) electrons. The van der Waals surface area contributed by atoms with E-state index in [1.54, 1.807) is 20.1 Å². The molecule has 3 rings (SSSR count). The molecule has 0 spiro atoms. The van der Waals surface area contributed by atoms with E-state index in [2.05, 4.69) is 42.1 Å². The lowest BCUT2D eigenvalue weighted by Crippen LogP contribution is -2.45. The Balaban J connectivity index is 1.54. The minimum Gasteiger partial charge on any atom is -0.464 e. The first-order chi connectivity index (χ1) is 13.3. The lowest BCUT2D eigenvalue weighted by atomic mass is 9.79. The highest BCUT2D eigenvalue weighted by Crippen LogP contribution is 2.31. The van der Waals surface area contributed by atoms with Crippen molar-refractivity contribution in [2.75, 3.05) is 11.9 Å². The van der Waals surface area contributed by atoms with Crippen molar-refractivity contribution in [3.63, 3.8) is 0 Å². The second kappa shape index (κ2) is 8.70. The van der Waals surface area contributed by atoms with E-state index in [-0.39, 0.29) is 11.3 Å². The van der Waals surface area contributed by atoms with Gasteiger partial charge in [-0.25, -0.2) is 13.1 Å². The normalized spacial score (nSPS) is 23.1. The van der Waals surface area contributed by atoms with Gasteiger partial charge in [-0.3, -0.25) is 0 Å². The van der Waals surface area contributed by atoms with Crippen LogP contribution in [0.25, 0.3) is 11.3 Å². The first kappa shape index (κ1) is 20.9. The second-order valence-electron chi connectivity index (χ2n) is 8.36. The number of benzene rings is 1. The SMILES string of the molecule is Cc1cc(-c2ccco2)ccc1NC[C@@H]1CCC(NS(=O)(=O)C(C)C)C(C)C1.